The van der Waals surface area contributed by atoms with E-state index < -0.39 is 10.8 Å². The van der Waals surface area contributed by atoms with Gasteiger partial charge in [0.1, 0.15) is 0 Å². The lowest BCUT2D eigenvalue weighted by molar-refractivity contribution is 0.635. The van der Waals surface area contributed by atoms with Gasteiger partial charge in [0.2, 0.25) is 0 Å². The van der Waals surface area contributed by atoms with Gasteiger partial charge in [-0.05, 0) is 149 Å². The van der Waals surface area contributed by atoms with Crippen LogP contribution in [0.1, 0.15) is 44.5 Å². The lowest BCUT2D eigenvalue weighted by Gasteiger charge is -2.49. The molecule has 0 amide bonds. The molecule has 12 aromatic carbocycles. The average molecular weight is 911 g/mol. The Morgan fingerprint density at radius 2 is 0.528 bits per heavy atom. The van der Waals surface area contributed by atoms with Crippen molar-refractivity contribution in [2.45, 2.75) is 10.8 Å². The van der Waals surface area contributed by atoms with Crippen molar-refractivity contribution in [1.29, 1.82) is 0 Å². The third-order valence-corrected chi connectivity index (χ3v) is 17.1. The Bertz CT molecular complexity index is 4320. The van der Waals surface area contributed by atoms with E-state index in [4.69, 9.17) is 0 Å². The van der Waals surface area contributed by atoms with Crippen LogP contribution in [0, 0.1) is 0 Å². The van der Waals surface area contributed by atoms with Crippen LogP contribution in [0.2, 0.25) is 0 Å². The maximum atomic E-state index is 2.64. The highest BCUT2D eigenvalue weighted by atomic mass is 15.0. The summed E-state index contributed by atoms with van der Waals surface area (Å²) in [5.74, 6) is 0. The zero-order chi connectivity index (χ0) is 46.9. The zero-order valence-corrected chi connectivity index (χ0v) is 39.1. The molecule has 14 aromatic rings. The van der Waals surface area contributed by atoms with E-state index in [9.17, 15) is 0 Å². The number of para-hydroxylation sites is 2. The molecule has 72 heavy (non-hydrogen) atoms. The summed E-state index contributed by atoms with van der Waals surface area (Å²) >= 11 is 0. The first-order valence-electron chi connectivity index (χ1n) is 25.2. The van der Waals surface area contributed by atoms with Crippen LogP contribution in [-0.4, -0.2) is 9.13 Å². The summed E-state index contributed by atoms with van der Waals surface area (Å²) in [5.41, 5.74) is 21.6. The molecule has 17 rings (SSSR count). The fourth-order valence-corrected chi connectivity index (χ4v) is 14.4. The number of hydrogen-bond acceptors (Lipinski definition) is 0. The molecule has 2 aromatic heterocycles. The van der Waals surface area contributed by atoms with Gasteiger partial charge in [-0.15, -0.1) is 0 Å². The largest absolute Gasteiger partial charge is 0.309 e. The lowest BCUT2D eigenvalue weighted by Crippen LogP contribution is -2.44. The van der Waals surface area contributed by atoms with Crippen LogP contribution < -0.4 is 0 Å². The second-order valence-corrected chi connectivity index (χ2v) is 20.3. The molecule has 0 saturated heterocycles. The van der Waals surface area contributed by atoms with E-state index in [0.717, 1.165) is 11.4 Å². The molecule has 0 aliphatic heterocycles. The van der Waals surface area contributed by atoms with Crippen molar-refractivity contribution in [3.8, 4) is 33.6 Å². The maximum absolute atomic E-state index is 2.64. The number of rotatable bonds is 2. The third kappa shape index (κ3) is 4.62. The average Bonchev–Trinajstić information content (AvgIpc) is 4.15. The topological polar surface area (TPSA) is 9.86 Å². The molecule has 0 unspecified atom stereocenters. The van der Waals surface area contributed by atoms with Crippen molar-refractivity contribution >= 4 is 65.2 Å². The highest BCUT2D eigenvalue weighted by Crippen LogP contribution is 2.68. The van der Waals surface area contributed by atoms with Crippen molar-refractivity contribution < 1.29 is 0 Å². The Morgan fingerprint density at radius 1 is 0.208 bits per heavy atom. The van der Waals surface area contributed by atoms with Gasteiger partial charge < -0.3 is 9.13 Å². The van der Waals surface area contributed by atoms with Crippen LogP contribution in [0.15, 0.2) is 255 Å². The summed E-state index contributed by atoms with van der Waals surface area (Å²) in [6.45, 7) is 0. The molecule has 3 aliphatic rings. The predicted octanol–water partition coefficient (Wildman–Crippen LogP) is 17.2. The first-order chi connectivity index (χ1) is 35.7. The number of nitrogens with zero attached hydrogens (tertiary/aromatic N) is 2. The van der Waals surface area contributed by atoms with Crippen LogP contribution >= 0.6 is 0 Å². The van der Waals surface area contributed by atoms with Gasteiger partial charge in [0.25, 0.3) is 0 Å². The number of fused-ring (bicyclic) bond motifs is 24. The fraction of sp³-hybridized carbons (Fsp3) is 0.0286. The lowest BCUT2D eigenvalue weighted by atomic mass is 9.52. The Labute approximate surface area is 415 Å². The molecule has 0 bridgehead atoms. The molecular formula is C70H42N2. The number of benzene rings is 12. The van der Waals surface area contributed by atoms with Gasteiger partial charge in [0.05, 0.1) is 32.9 Å². The number of hydrogen-bond donors (Lipinski definition) is 0. The molecular weight excluding hydrogens is 869 g/mol. The molecule has 3 aliphatic carbocycles. The normalized spacial score (nSPS) is 14.3. The highest BCUT2D eigenvalue weighted by Gasteiger charge is 2.59. The first kappa shape index (κ1) is 38.6. The molecule has 0 saturated carbocycles. The fourth-order valence-electron chi connectivity index (χ4n) is 14.4. The van der Waals surface area contributed by atoms with E-state index in [1.807, 2.05) is 0 Å². The molecule has 2 heterocycles. The Kier molecular flexibility index (Phi) is 7.37. The van der Waals surface area contributed by atoms with Crippen molar-refractivity contribution in [2.24, 2.45) is 0 Å². The minimum atomic E-state index is -0.686. The van der Waals surface area contributed by atoms with Crippen LogP contribution in [0.3, 0.4) is 0 Å². The van der Waals surface area contributed by atoms with Crippen LogP contribution in [0.5, 0.6) is 0 Å². The van der Waals surface area contributed by atoms with Gasteiger partial charge in [0.15, 0.2) is 0 Å². The molecule has 2 heteroatoms. The Balaban J connectivity index is 1.11. The second kappa shape index (κ2) is 13.8. The van der Waals surface area contributed by atoms with Gasteiger partial charge in [-0.1, -0.05) is 194 Å². The van der Waals surface area contributed by atoms with Crippen LogP contribution in [-0.2, 0) is 10.8 Å². The van der Waals surface area contributed by atoms with Gasteiger partial charge >= 0.3 is 0 Å². The Morgan fingerprint density at radius 3 is 0.931 bits per heavy atom. The van der Waals surface area contributed by atoms with Crippen molar-refractivity contribution in [3.63, 3.8) is 0 Å². The summed E-state index contributed by atoms with van der Waals surface area (Å²) in [6.07, 6.45) is 0. The Hall–Kier alpha value is -9.24. The van der Waals surface area contributed by atoms with Crippen molar-refractivity contribution in [2.75, 3.05) is 0 Å². The van der Waals surface area contributed by atoms with Crippen LogP contribution in [0.4, 0.5) is 0 Å². The minimum Gasteiger partial charge on any atom is -0.309 e. The highest BCUT2D eigenvalue weighted by molar-refractivity contribution is 6.14. The summed E-state index contributed by atoms with van der Waals surface area (Å²) in [6, 6.07) is 97.3. The van der Waals surface area contributed by atoms with Gasteiger partial charge in [-0.3, -0.25) is 0 Å². The molecule has 0 fully saturated rings. The van der Waals surface area contributed by atoms with Crippen molar-refractivity contribution in [1.82, 2.24) is 9.13 Å². The predicted molar refractivity (Wildman–Crippen MR) is 298 cm³/mol. The van der Waals surface area contributed by atoms with Crippen LogP contribution in [0.25, 0.3) is 98.8 Å². The summed E-state index contributed by atoms with van der Waals surface area (Å²) in [7, 11) is 0. The zero-order valence-electron chi connectivity index (χ0n) is 39.1. The van der Waals surface area contributed by atoms with Crippen molar-refractivity contribution in [3.05, 3.63) is 299 Å². The molecule has 0 atom stereocenters. The molecule has 2 spiro atoms. The monoisotopic (exact) mass is 910 g/mol. The van der Waals surface area contributed by atoms with Gasteiger partial charge in [0, 0.05) is 32.9 Å². The summed E-state index contributed by atoms with van der Waals surface area (Å²) in [4.78, 5) is 0. The smallest absolute Gasteiger partial charge is 0.0721 e. The third-order valence-electron chi connectivity index (χ3n) is 17.1. The first-order valence-corrected chi connectivity index (χ1v) is 25.2. The molecule has 332 valence electrons. The van der Waals surface area contributed by atoms with E-state index in [2.05, 4.69) is 264 Å². The standard InChI is InChI=1S/C70H42N2/c1-3-19-45-37-47(35-33-43(45)17-1)71-65-31-15-9-25-53(65)55-39-61-63(41-67(55)71)69(57-27-11-5-21-49(57)50-22-6-12-28-58(50)69)62-40-56-54-26-10-16-32-66(54)72(48-36-34-44-18-2-4-20-46(44)38-48)68(56)42-64(62)70(61)59-29-13-7-23-51(59)52-24-8-14-30-60(52)70/h1-42H. The minimum absolute atomic E-state index is 0.686. The molecule has 0 radical (unpaired) electrons. The summed E-state index contributed by atoms with van der Waals surface area (Å²) < 4.78 is 5.08. The summed E-state index contributed by atoms with van der Waals surface area (Å²) in [5, 5.41) is 9.94. The SMILES string of the molecule is c1ccc2c(c1)-c1ccccc1C21c2cc3c4ccccc4n(-c4ccc5ccccc5c4)c3cc2C2(c3ccccc3-c3ccccc32)c2cc3c4ccccc4n(-c4ccc5ccccc5c4)c3cc21. The van der Waals surface area contributed by atoms with Gasteiger partial charge in [-0.25, -0.2) is 0 Å². The van der Waals surface area contributed by atoms with E-state index in [1.165, 1.54) is 132 Å². The molecule has 0 N–H and O–H groups in total. The van der Waals surface area contributed by atoms with E-state index in [1.54, 1.807) is 0 Å². The van der Waals surface area contributed by atoms with Gasteiger partial charge in [-0.2, -0.15) is 0 Å². The maximum Gasteiger partial charge on any atom is 0.0721 e. The van der Waals surface area contributed by atoms with E-state index in [-0.39, 0.29) is 0 Å². The van der Waals surface area contributed by atoms with E-state index >= 15 is 0 Å². The quantitative estimate of drug-likeness (QED) is 0.164. The number of aromatic nitrogens is 2. The van der Waals surface area contributed by atoms with E-state index in [0.29, 0.717) is 0 Å². The molecule has 2 nitrogen and oxygen atoms in total. The second-order valence-electron chi connectivity index (χ2n) is 20.3.